The zero-order chi connectivity index (χ0) is 13.7. The van der Waals surface area contributed by atoms with Crippen LogP contribution in [0.4, 0.5) is 11.8 Å². The van der Waals surface area contributed by atoms with E-state index in [9.17, 15) is 0 Å². The van der Waals surface area contributed by atoms with Crippen LogP contribution in [0.15, 0.2) is 30.3 Å². The van der Waals surface area contributed by atoms with Gasteiger partial charge in [0.2, 0.25) is 0 Å². The summed E-state index contributed by atoms with van der Waals surface area (Å²) in [7, 11) is 1.87. The first-order valence-electron chi connectivity index (χ1n) is 6.31. The van der Waals surface area contributed by atoms with Crippen LogP contribution in [0.5, 0.6) is 0 Å². The Kier molecular flexibility index (Phi) is 4.80. The number of hydrogen-bond donors (Lipinski definition) is 2. The molecule has 100 valence electrons. The number of nitrogens with zero attached hydrogens (tertiary/aromatic N) is 2. The molecule has 19 heavy (non-hydrogen) atoms. The van der Waals surface area contributed by atoms with Gasteiger partial charge in [-0.3, -0.25) is 0 Å². The third-order valence-electron chi connectivity index (χ3n) is 2.96. The SMILES string of the molecule is CNc1nc(N)nc(Cc2ccccc2)c1CC[AsH2]. The van der Waals surface area contributed by atoms with Gasteiger partial charge in [-0.2, -0.15) is 0 Å². The summed E-state index contributed by atoms with van der Waals surface area (Å²) in [6.45, 7) is 0. The van der Waals surface area contributed by atoms with E-state index in [1.807, 2.05) is 25.2 Å². The van der Waals surface area contributed by atoms with Crippen LogP contribution in [0.1, 0.15) is 16.8 Å². The third-order valence-corrected chi connectivity index (χ3v) is 3.56. The first kappa shape index (κ1) is 13.9. The summed E-state index contributed by atoms with van der Waals surface area (Å²) in [5.41, 5.74) is 9.25. The number of rotatable bonds is 5. The Hall–Kier alpha value is -1.54. The molecule has 5 heteroatoms. The van der Waals surface area contributed by atoms with E-state index in [0.29, 0.717) is 5.95 Å². The topological polar surface area (TPSA) is 63.8 Å². The Morgan fingerprint density at radius 3 is 2.58 bits per heavy atom. The summed E-state index contributed by atoms with van der Waals surface area (Å²) < 4.78 is 0. The summed E-state index contributed by atoms with van der Waals surface area (Å²) in [5.74, 6) is 1.19. The molecule has 0 fully saturated rings. The molecule has 0 aliphatic heterocycles. The molecule has 0 saturated heterocycles. The molecule has 0 saturated carbocycles. The van der Waals surface area contributed by atoms with Gasteiger partial charge in [-0.05, 0) is 0 Å². The van der Waals surface area contributed by atoms with Crippen LogP contribution >= 0.6 is 0 Å². The maximum absolute atomic E-state index is 5.80. The summed E-state index contributed by atoms with van der Waals surface area (Å²) in [6.07, 6.45) is 1.78. The Bertz CT molecular complexity index is 543. The molecule has 4 nitrogen and oxygen atoms in total. The monoisotopic (exact) mass is 318 g/mol. The number of benzene rings is 1. The Balaban J connectivity index is 2.40. The van der Waals surface area contributed by atoms with Crippen molar-refractivity contribution >= 4 is 28.6 Å². The van der Waals surface area contributed by atoms with Crippen LogP contribution in [-0.4, -0.2) is 33.9 Å². The van der Waals surface area contributed by atoms with Crippen molar-refractivity contribution in [1.82, 2.24) is 9.97 Å². The summed E-state index contributed by atoms with van der Waals surface area (Å²) >= 11 is 1.72. The Morgan fingerprint density at radius 1 is 1.21 bits per heavy atom. The number of nitrogen functional groups attached to an aromatic ring is 1. The van der Waals surface area contributed by atoms with E-state index in [0.717, 1.165) is 29.6 Å². The quantitative estimate of drug-likeness (QED) is 0.816. The first-order valence-corrected chi connectivity index (χ1v) is 8.03. The predicted octanol–water partition coefficient (Wildman–Crippen LogP) is 1.29. The Labute approximate surface area is 122 Å². The van der Waals surface area contributed by atoms with E-state index in [4.69, 9.17) is 5.73 Å². The number of anilines is 2. The van der Waals surface area contributed by atoms with Crippen molar-refractivity contribution < 1.29 is 0 Å². The van der Waals surface area contributed by atoms with Crippen LogP contribution in [0.2, 0.25) is 5.21 Å². The second-order valence-corrected chi connectivity index (χ2v) is 5.52. The molecule has 1 aromatic carbocycles. The van der Waals surface area contributed by atoms with Gasteiger partial charge in [0.1, 0.15) is 0 Å². The van der Waals surface area contributed by atoms with Crippen LogP contribution in [0.3, 0.4) is 0 Å². The van der Waals surface area contributed by atoms with Crippen LogP contribution in [0, 0.1) is 0 Å². The molecule has 1 aromatic heterocycles. The fraction of sp³-hybridized carbons (Fsp3) is 0.286. The van der Waals surface area contributed by atoms with E-state index in [1.54, 1.807) is 16.9 Å². The van der Waals surface area contributed by atoms with Crippen molar-refractivity contribution in [1.29, 1.82) is 0 Å². The summed E-state index contributed by atoms with van der Waals surface area (Å²) in [6, 6.07) is 10.3. The van der Waals surface area contributed by atoms with Gasteiger partial charge >= 0.3 is 122 Å². The van der Waals surface area contributed by atoms with Crippen molar-refractivity contribution in [3.63, 3.8) is 0 Å². The van der Waals surface area contributed by atoms with Crippen molar-refractivity contribution in [3.05, 3.63) is 47.2 Å². The molecule has 0 radical (unpaired) electrons. The average Bonchev–Trinajstić information content (AvgIpc) is 2.42. The van der Waals surface area contributed by atoms with Gasteiger partial charge in [0, 0.05) is 0 Å². The van der Waals surface area contributed by atoms with Crippen LogP contribution in [0.25, 0.3) is 0 Å². The van der Waals surface area contributed by atoms with Crippen molar-refractivity contribution in [2.45, 2.75) is 18.1 Å². The molecule has 1 unspecified atom stereocenters. The van der Waals surface area contributed by atoms with Gasteiger partial charge in [-0.25, -0.2) is 0 Å². The molecule has 2 rings (SSSR count). The molecular formula is C14H19AsN4. The van der Waals surface area contributed by atoms with Crippen molar-refractivity contribution in [3.8, 4) is 0 Å². The zero-order valence-electron chi connectivity index (χ0n) is 11.1. The third kappa shape index (κ3) is 3.48. The number of nitrogens with one attached hydrogen (secondary N) is 1. The van der Waals surface area contributed by atoms with Crippen LogP contribution < -0.4 is 11.1 Å². The average molecular weight is 318 g/mol. The normalized spacial score (nSPS) is 10.4. The zero-order valence-corrected chi connectivity index (χ0v) is 13.5. The first-order chi connectivity index (χ1) is 9.24. The molecular weight excluding hydrogens is 299 g/mol. The molecule has 0 aliphatic rings. The van der Waals surface area contributed by atoms with E-state index >= 15 is 0 Å². The molecule has 0 amide bonds. The molecule has 0 bridgehead atoms. The molecule has 3 N–H and O–H groups in total. The molecule has 0 spiro atoms. The molecule has 0 aliphatic carbocycles. The molecule has 2 aromatic rings. The van der Waals surface area contributed by atoms with E-state index in [1.165, 1.54) is 11.1 Å². The second-order valence-electron chi connectivity index (χ2n) is 4.31. The number of hydrogen-bond acceptors (Lipinski definition) is 4. The number of nitrogens with two attached hydrogens (primary N) is 1. The van der Waals surface area contributed by atoms with E-state index < -0.39 is 0 Å². The summed E-state index contributed by atoms with van der Waals surface area (Å²) in [5, 5.41) is 4.24. The van der Waals surface area contributed by atoms with Crippen molar-refractivity contribution in [2.75, 3.05) is 18.1 Å². The number of aromatic nitrogens is 2. The Morgan fingerprint density at radius 2 is 1.95 bits per heavy atom. The van der Waals surface area contributed by atoms with Gasteiger partial charge in [0.15, 0.2) is 0 Å². The van der Waals surface area contributed by atoms with Gasteiger partial charge in [-0.15, -0.1) is 0 Å². The van der Waals surface area contributed by atoms with Crippen molar-refractivity contribution in [2.24, 2.45) is 0 Å². The molecule has 1 atom stereocenters. The van der Waals surface area contributed by atoms with Gasteiger partial charge < -0.3 is 0 Å². The fourth-order valence-corrected chi connectivity index (χ4v) is 2.70. The van der Waals surface area contributed by atoms with E-state index in [2.05, 4.69) is 27.4 Å². The van der Waals surface area contributed by atoms with Gasteiger partial charge in [-0.1, -0.05) is 0 Å². The van der Waals surface area contributed by atoms with Gasteiger partial charge in [0.25, 0.3) is 0 Å². The minimum atomic E-state index is 0.334. The maximum atomic E-state index is 5.80. The van der Waals surface area contributed by atoms with Crippen LogP contribution in [-0.2, 0) is 12.8 Å². The fourth-order valence-electron chi connectivity index (χ4n) is 2.10. The van der Waals surface area contributed by atoms with E-state index in [-0.39, 0.29) is 0 Å². The predicted molar refractivity (Wildman–Crippen MR) is 82.3 cm³/mol. The summed E-state index contributed by atoms with van der Waals surface area (Å²) in [4.78, 5) is 8.70. The molecule has 1 heterocycles. The van der Waals surface area contributed by atoms with Gasteiger partial charge in [0.05, 0.1) is 0 Å². The second kappa shape index (κ2) is 6.57. The standard InChI is InChI=1S/C14H19AsN4/c1-17-13-11(7-8-15)12(18-14(16)19-13)9-10-5-3-2-4-6-10/h2-6H,7-9,15H2,1H3,(H3,16,17,18,19). The minimum absolute atomic E-state index is 0.334.